The van der Waals surface area contributed by atoms with Gasteiger partial charge in [0.2, 0.25) is 0 Å². The van der Waals surface area contributed by atoms with Crippen molar-refractivity contribution in [3.8, 4) is 0 Å². The van der Waals surface area contributed by atoms with Gasteiger partial charge in [0.1, 0.15) is 5.82 Å². The Bertz CT molecular complexity index is 401. The minimum atomic E-state index is -0.685. The molecule has 0 atom stereocenters. The van der Waals surface area contributed by atoms with E-state index in [4.69, 9.17) is 5.73 Å². The second-order valence-electron chi connectivity index (χ2n) is 5.19. The molecule has 4 N–H and O–H groups in total. The number of aliphatic hydroxyl groups is 1. The molecule has 0 bridgehead atoms. The normalized spacial score (nSPS) is 19.2. The number of halogens is 1. The van der Waals surface area contributed by atoms with Crippen molar-refractivity contribution in [1.29, 1.82) is 0 Å². The molecule has 100 valence electrons. The van der Waals surface area contributed by atoms with E-state index in [1.165, 1.54) is 18.9 Å². The van der Waals surface area contributed by atoms with Gasteiger partial charge in [-0.25, -0.2) is 4.39 Å². The van der Waals surface area contributed by atoms with Crippen molar-refractivity contribution in [3.63, 3.8) is 0 Å². The monoisotopic (exact) mass is 252 g/mol. The van der Waals surface area contributed by atoms with Gasteiger partial charge in [-0.1, -0.05) is 31.7 Å². The van der Waals surface area contributed by atoms with Crippen molar-refractivity contribution in [1.82, 2.24) is 0 Å². The number of hydrogen-bond donors (Lipinski definition) is 3. The Morgan fingerprint density at radius 2 is 1.89 bits per heavy atom. The zero-order valence-electron chi connectivity index (χ0n) is 10.6. The molecule has 2 rings (SSSR count). The number of hydrogen-bond acceptors (Lipinski definition) is 3. The molecule has 0 aliphatic heterocycles. The molecule has 0 aromatic heterocycles. The second kappa shape index (κ2) is 5.57. The molecular formula is C14H21FN2O. The lowest BCUT2D eigenvalue weighted by molar-refractivity contribution is 0.0381. The highest BCUT2D eigenvalue weighted by molar-refractivity contribution is 5.66. The van der Waals surface area contributed by atoms with Gasteiger partial charge in [0.15, 0.2) is 0 Å². The molecule has 4 heteroatoms. The number of nitrogen functional groups attached to an aromatic ring is 1. The van der Waals surface area contributed by atoms with Crippen LogP contribution in [0.1, 0.15) is 38.5 Å². The van der Waals surface area contributed by atoms with Crippen molar-refractivity contribution in [3.05, 3.63) is 24.0 Å². The van der Waals surface area contributed by atoms with E-state index in [0.717, 1.165) is 25.7 Å². The summed E-state index contributed by atoms with van der Waals surface area (Å²) in [6.07, 6.45) is 6.08. The summed E-state index contributed by atoms with van der Waals surface area (Å²) in [5.41, 5.74) is 5.65. The first-order valence-corrected chi connectivity index (χ1v) is 6.61. The molecule has 0 saturated heterocycles. The van der Waals surface area contributed by atoms with Crippen LogP contribution in [0.25, 0.3) is 0 Å². The highest BCUT2D eigenvalue weighted by Crippen LogP contribution is 2.28. The number of para-hydroxylation sites is 1. The number of nitrogens with two attached hydrogens (primary N) is 1. The SMILES string of the molecule is Nc1c(F)cccc1NCC1(O)CCCCCC1. The molecule has 0 amide bonds. The Morgan fingerprint density at radius 1 is 1.22 bits per heavy atom. The third-order valence-electron chi connectivity index (χ3n) is 3.70. The van der Waals surface area contributed by atoms with E-state index in [9.17, 15) is 9.50 Å². The molecule has 0 radical (unpaired) electrons. The third-order valence-corrected chi connectivity index (χ3v) is 3.70. The number of anilines is 2. The van der Waals surface area contributed by atoms with Crippen molar-refractivity contribution < 1.29 is 9.50 Å². The van der Waals surface area contributed by atoms with Gasteiger partial charge in [-0.2, -0.15) is 0 Å². The Hall–Kier alpha value is -1.29. The van der Waals surface area contributed by atoms with Gasteiger partial charge in [-0.3, -0.25) is 0 Å². The van der Waals surface area contributed by atoms with Gasteiger partial charge >= 0.3 is 0 Å². The van der Waals surface area contributed by atoms with Crippen molar-refractivity contribution in [2.24, 2.45) is 0 Å². The third kappa shape index (κ3) is 3.13. The van der Waals surface area contributed by atoms with E-state index < -0.39 is 11.4 Å². The minimum Gasteiger partial charge on any atom is -0.395 e. The minimum absolute atomic E-state index is 0.120. The van der Waals surface area contributed by atoms with Gasteiger partial charge in [-0.15, -0.1) is 0 Å². The molecule has 0 unspecified atom stereocenters. The zero-order valence-corrected chi connectivity index (χ0v) is 10.6. The molecule has 1 saturated carbocycles. The maximum atomic E-state index is 13.3. The van der Waals surface area contributed by atoms with Gasteiger partial charge in [-0.05, 0) is 25.0 Å². The van der Waals surface area contributed by atoms with Crippen LogP contribution in [0.4, 0.5) is 15.8 Å². The largest absolute Gasteiger partial charge is 0.395 e. The first kappa shape index (κ1) is 13.1. The van der Waals surface area contributed by atoms with E-state index >= 15 is 0 Å². The Morgan fingerprint density at radius 3 is 2.56 bits per heavy atom. The number of rotatable bonds is 3. The van der Waals surface area contributed by atoms with Gasteiger partial charge in [0.25, 0.3) is 0 Å². The summed E-state index contributed by atoms with van der Waals surface area (Å²) in [5.74, 6) is -0.423. The predicted molar refractivity (Wildman–Crippen MR) is 72.0 cm³/mol. The average Bonchev–Trinajstić information content (AvgIpc) is 2.57. The lowest BCUT2D eigenvalue weighted by Crippen LogP contribution is -2.36. The Kier molecular flexibility index (Phi) is 4.07. The zero-order chi connectivity index (χ0) is 13.0. The van der Waals surface area contributed by atoms with E-state index in [1.54, 1.807) is 12.1 Å². The van der Waals surface area contributed by atoms with Crippen LogP contribution in [0.15, 0.2) is 18.2 Å². The summed E-state index contributed by atoms with van der Waals surface area (Å²) in [7, 11) is 0. The van der Waals surface area contributed by atoms with Crippen molar-refractivity contribution >= 4 is 11.4 Å². The standard InChI is InChI=1S/C14H21FN2O/c15-11-6-5-7-12(13(11)16)17-10-14(18)8-3-1-2-4-9-14/h5-7,17-18H,1-4,8-10,16H2. The summed E-state index contributed by atoms with van der Waals surface area (Å²) >= 11 is 0. The Balaban J connectivity index is 1.99. The topological polar surface area (TPSA) is 58.3 Å². The molecule has 1 aliphatic carbocycles. The molecule has 1 aromatic carbocycles. The predicted octanol–water partition coefficient (Wildman–Crippen LogP) is 2.91. The van der Waals surface area contributed by atoms with Crippen LogP contribution >= 0.6 is 0 Å². The molecule has 1 aliphatic rings. The van der Waals surface area contributed by atoms with Crippen molar-refractivity contribution in [2.75, 3.05) is 17.6 Å². The van der Waals surface area contributed by atoms with Gasteiger partial charge < -0.3 is 16.2 Å². The molecule has 0 spiro atoms. The van der Waals surface area contributed by atoms with E-state index in [2.05, 4.69) is 5.32 Å². The fraction of sp³-hybridized carbons (Fsp3) is 0.571. The molecule has 1 fully saturated rings. The van der Waals surface area contributed by atoms with Crippen LogP contribution in [0.2, 0.25) is 0 Å². The Labute approximate surface area is 107 Å². The maximum Gasteiger partial charge on any atom is 0.148 e. The fourth-order valence-electron chi connectivity index (χ4n) is 2.51. The smallest absolute Gasteiger partial charge is 0.148 e. The lowest BCUT2D eigenvalue weighted by atomic mass is 9.94. The van der Waals surface area contributed by atoms with Crippen molar-refractivity contribution in [2.45, 2.75) is 44.1 Å². The van der Waals surface area contributed by atoms with Crippen LogP contribution in [-0.4, -0.2) is 17.3 Å². The van der Waals surface area contributed by atoms with Crippen LogP contribution in [0.3, 0.4) is 0 Å². The van der Waals surface area contributed by atoms with Crippen LogP contribution in [0, 0.1) is 5.82 Å². The van der Waals surface area contributed by atoms with Crippen LogP contribution < -0.4 is 11.1 Å². The summed E-state index contributed by atoms with van der Waals surface area (Å²) in [4.78, 5) is 0. The summed E-state index contributed by atoms with van der Waals surface area (Å²) in [6, 6.07) is 4.69. The maximum absolute atomic E-state index is 13.3. The summed E-state index contributed by atoms with van der Waals surface area (Å²) < 4.78 is 13.3. The molecule has 3 nitrogen and oxygen atoms in total. The first-order chi connectivity index (χ1) is 8.61. The second-order valence-corrected chi connectivity index (χ2v) is 5.19. The first-order valence-electron chi connectivity index (χ1n) is 6.61. The number of nitrogens with one attached hydrogen (secondary N) is 1. The van der Waals surface area contributed by atoms with Crippen LogP contribution in [-0.2, 0) is 0 Å². The lowest BCUT2D eigenvalue weighted by Gasteiger charge is -2.27. The van der Waals surface area contributed by atoms with Crippen LogP contribution in [0.5, 0.6) is 0 Å². The average molecular weight is 252 g/mol. The highest BCUT2D eigenvalue weighted by atomic mass is 19.1. The number of benzene rings is 1. The molecular weight excluding hydrogens is 231 g/mol. The van der Waals surface area contributed by atoms with E-state index in [-0.39, 0.29) is 5.69 Å². The van der Waals surface area contributed by atoms with E-state index in [0.29, 0.717) is 12.2 Å². The summed E-state index contributed by atoms with van der Waals surface area (Å²) in [6.45, 7) is 0.431. The molecule has 18 heavy (non-hydrogen) atoms. The van der Waals surface area contributed by atoms with E-state index in [1.807, 2.05) is 0 Å². The molecule has 0 heterocycles. The quantitative estimate of drug-likeness (QED) is 0.572. The van der Waals surface area contributed by atoms with Gasteiger partial charge in [0.05, 0.1) is 17.0 Å². The van der Waals surface area contributed by atoms with Gasteiger partial charge in [0, 0.05) is 6.54 Å². The molecule has 1 aromatic rings. The summed E-state index contributed by atoms with van der Waals surface area (Å²) in [5, 5.41) is 13.6. The fourth-order valence-corrected chi connectivity index (χ4v) is 2.51. The highest BCUT2D eigenvalue weighted by Gasteiger charge is 2.27.